The van der Waals surface area contributed by atoms with E-state index in [0.29, 0.717) is 0 Å². The number of hydrogen-bond donors (Lipinski definition) is 1. The van der Waals surface area contributed by atoms with E-state index in [0.717, 1.165) is 31.6 Å². The molecule has 0 amide bonds. The van der Waals surface area contributed by atoms with Crippen LogP contribution in [0.4, 0.5) is 0 Å². The molecule has 1 saturated carbocycles. The highest BCUT2D eigenvalue weighted by atomic mass is 15.3. The number of nitrogens with two attached hydrogens (primary N) is 1. The molecule has 1 fully saturated rings. The maximum atomic E-state index is 6.14. The van der Waals surface area contributed by atoms with Crippen molar-refractivity contribution >= 4 is 0 Å². The molecule has 1 aromatic rings. The van der Waals surface area contributed by atoms with Gasteiger partial charge in [0.1, 0.15) is 12.2 Å². The Kier molecular flexibility index (Phi) is 2.07. The molecule has 1 aliphatic carbocycles. The average Bonchev–Trinajstić information content (AvgIpc) is 2.49. The number of nitrogens with zero attached hydrogens (tertiary/aromatic N) is 3. The van der Waals surface area contributed by atoms with E-state index in [1.54, 1.807) is 6.33 Å². The van der Waals surface area contributed by atoms with E-state index >= 15 is 0 Å². The van der Waals surface area contributed by atoms with E-state index in [2.05, 4.69) is 21.7 Å². The quantitative estimate of drug-likeness (QED) is 0.745. The lowest BCUT2D eigenvalue weighted by Gasteiger charge is -2.37. The van der Waals surface area contributed by atoms with E-state index < -0.39 is 0 Å². The van der Waals surface area contributed by atoms with Gasteiger partial charge < -0.3 is 10.3 Å². The summed E-state index contributed by atoms with van der Waals surface area (Å²) in [5, 5.41) is 7.98. The minimum absolute atomic E-state index is 0.0138. The van der Waals surface area contributed by atoms with Crippen LogP contribution >= 0.6 is 0 Å². The normalized spacial score (nSPS) is 19.8. The van der Waals surface area contributed by atoms with E-state index in [1.807, 2.05) is 0 Å². The molecule has 0 spiro atoms. The van der Waals surface area contributed by atoms with Gasteiger partial charge in [0.2, 0.25) is 0 Å². The van der Waals surface area contributed by atoms with Crippen LogP contribution in [-0.4, -0.2) is 20.3 Å². The summed E-state index contributed by atoms with van der Waals surface area (Å²) in [5.74, 6) is 1.03. The molecule has 0 bridgehead atoms. The van der Waals surface area contributed by atoms with Crippen molar-refractivity contribution in [1.82, 2.24) is 14.8 Å². The molecule has 4 heteroatoms. The van der Waals surface area contributed by atoms with Crippen LogP contribution in [0.2, 0.25) is 0 Å². The molecule has 2 N–H and O–H groups in total. The Morgan fingerprint density at radius 2 is 2.38 bits per heavy atom. The highest BCUT2D eigenvalue weighted by Gasteiger charge is 2.33. The number of aryl methyl sites for hydroxylation is 1. The average molecular weight is 180 g/mol. The molecule has 1 aliphatic rings. The Balaban J connectivity index is 2.08. The van der Waals surface area contributed by atoms with Gasteiger partial charge in [-0.2, -0.15) is 0 Å². The van der Waals surface area contributed by atoms with Crippen molar-refractivity contribution in [1.29, 1.82) is 0 Å². The fourth-order valence-corrected chi connectivity index (χ4v) is 1.80. The lowest BCUT2D eigenvalue weighted by Crippen LogP contribution is -2.48. The van der Waals surface area contributed by atoms with Gasteiger partial charge in [0.15, 0.2) is 0 Å². The van der Waals surface area contributed by atoms with Crippen molar-refractivity contribution in [3.05, 3.63) is 12.2 Å². The molecule has 1 aromatic heterocycles. The zero-order chi connectivity index (χ0) is 9.31. The van der Waals surface area contributed by atoms with Gasteiger partial charge in [-0.05, 0) is 26.2 Å². The third kappa shape index (κ3) is 1.58. The molecule has 0 atom stereocenters. The first-order chi connectivity index (χ1) is 6.23. The van der Waals surface area contributed by atoms with Gasteiger partial charge in [-0.3, -0.25) is 0 Å². The minimum Gasteiger partial charge on any atom is -0.325 e. The highest BCUT2D eigenvalue weighted by Crippen LogP contribution is 2.31. The van der Waals surface area contributed by atoms with Gasteiger partial charge in [-0.1, -0.05) is 0 Å². The molecular formula is C9H16N4. The lowest BCUT2D eigenvalue weighted by atomic mass is 9.75. The van der Waals surface area contributed by atoms with Crippen molar-refractivity contribution in [2.45, 2.75) is 44.7 Å². The van der Waals surface area contributed by atoms with Gasteiger partial charge in [-0.15, -0.1) is 10.2 Å². The summed E-state index contributed by atoms with van der Waals surface area (Å²) in [6.45, 7) is 3.02. The largest absolute Gasteiger partial charge is 0.325 e. The fraction of sp³-hybridized carbons (Fsp3) is 0.778. The van der Waals surface area contributed by atoms with Crippen LogP contribution in [0.3, 0.4) is 0 Å². The van der Waals surface area contributed by atoms with E-state index in [-0.39, 0.29) is 5.54 Å². The topological polar surface area (TPSA) is 56.7 Å². The van der Waals surface area contributed by atoms with Crippen LogP contribution in [0.1, 0.15) is 32.0 Å². The second kappa shape index (κ2) is 3.10. The van der Waals surface area contributed by atoms with E-state index in [1.165, 1.54) is 6.42 Å². The van der Waals surface area contributed by atoms with E-state index in [9.17, 15) is 0 Å². The summed E-state index contributed by atoms with van der Waals surface area (Å²) in [4.78, 5) is 0. The van der Waals surface area contributed by atoms with Crippen molar-refractivity contribution in [2.24, 2.45) is 5.73 Å². The zero-order valence-corrected chi connectivity index (χ0v) is 8.03. The summed E-state index contributed by atoms with van der Waals surface area (Å²) >= 11 is 0. The predicted molar refractivity (Wildman–Crippen MR) is 50.2 cm³/mol. The van der Waals surface area contributed by atoms with E-state index in [4.69, 9.17) is 5.73 Å². The van der Waals surface area contributed by atoms with Crippen LogP contribution in [0.15, 0.2) is 6.33 Å². The maximum Gasteiger partial charge on any atom is 0.134 e. The van der Waals surface area contributed by atoms with Crippen LogP contribution in [0.25, 0.3) is 0 Å². The van der Waals surface area contributed by atoms with Gasteiger partial charge in [-0.25, -0.2) is 0 Å². The maximum absolute atomic E-state index is 6.14. The summed E-state index contributed by atoms with van der Waals surface area (Å²) in [6.07, 6.45) is 6.17. The molecule has 0 saturated heterocycles. The molecule has 0 radical (unpaired) electrons. The Morgan fingerprint density at radius 1 is 1.62 bits per heavy atom. The molecule has 0 unspecified atom stereocenters. The molecule has 0 aromatic carbocycles. The standard InChI is InChI=1S/C9H16N4/c1-2-13-7-11-12-8(13)6-9(10)4-3-5-9/h7H,2-6,10H2,1H3. The number of aromatic nitrogens is 3. The number of rotatable bonds is 3. The molecule has 13 heavy (non-hydrogen) atoms. The Labute approximate surface area is 78.1 Å². The Hall–Kier alpha value is -0.900. The first-order valence-corrected chi connectivity index (χ1v) is 4.89. The summed E-state index contributed by atoms with van der Waals surface area (Å²) in [6, 6.07) is 0. The van der Waals surface area contributed by atoms with Crippen molar-refractivity contribution in [3.63, 3.8) is 0 Å². The number of hydrogen-bond acceptors (Lipinski definition) is 3. The molecular weight excluding hydrogens is 164 g/mol. The first-order valence-electron chi connectivity index (χ1n) is 4.89. The van der Waals surface area contributed by atoms with Crippen molar-refractivity contribution in [2.75, 3.05) is 0 Å². The van der Waals surface area contributed by atoms with Crippen LogP contribution in [0.5, 0.6) is 0 Å². The van der Waals surface area contributed by atoms with Gasteiger partial charge in [0, 0.05) is 18.5 Å². The Bertz CT molecular complexity index is 288. The lowest BCUT2D eigenvalue weighted by molar-refractivity contribution is 0.241. The SMILES string of the molecule is CCn1cnnc1CC1(N)CCC1. The van der Waals surface area contributed by atoms with Gasteiger partial charge in [0.25, 0.3) is 0 Å². The summed E-state index contributed by atoms with van der Waals surface area (Å²) in [5.41, 5.74) is 6.15. The van der Waals surface area contributed by atoms with Gasteiger partial charge >= 0.3 is 0 Å². The zero-order valence-electron chi connectivity index (χ0n) is 8.03. The van der Waals surface area contributed by atoms with Gasteiger partial charge in [0.05, 0.1) is 0 Å². The second-order valence-corrected chi connectivity index (χ2v) is 3.93. The summed E-state index contributed by atoms with van der Waals surface area (Å²) in [7, 11) is 0. The third-order valence-electron chi connectivity index (χ3n) is 2.90. The molecule has 72 valence electrons. The monoisotopic (exact) mass is 180 g/mol. The molecule has 0 aliphatic heterocycles. The molecule has 4 nitrogen and oxygen atoms in total. The first kappa shape index (κ1) is 8.69. The molecule has 2 rings (SSSR count). The summed E-state index contributed by atoms with van der Waals surface area (Å²) < 4.78 is 2.06. The van der Waals surface area contributed by atoms with Crippen molar-refractivity contribution < 1.29 is 0 Å². The minimum atomic E-state index is 0.0138. The third-order valence-corrected chi connectivity index (χ3v) is 2.90. The van der Waals surface area contributed by atoms with Crippen molar-refractivity contribution in [3.8, 4) is 0 Å². The second-order valence-electron chi connectivity index (χ2n) is 3.93. The fourth-order valence-electron chi connectivity index (χ4n) is 1.80. The smallest absolute Gasteiger partial charge is 0.134 e. The predicted octanol–water partition coefficient (Wildman–Crippen LogP) is 0.722. The Morgan fingerprint density at radius 3 is 2.92 bits per heavy atom. The van der Waals surface area contributed by atoms with Crippen LogP contribution in [-0.2, 0) is 13.0 Å². The molecule has 1 heterocycles. The van der Waals surface area contributed by atoms with Crippen LogP contribution in [0, 0.1) is 0 Å². The highest BCUT2D eigenvalue weighted by molar-refractivity contribution is 5.02. The van der Waals surface area contributed by atoms with Crippen LogP contribution < -0.4 is 5.73 Å².